The van der Waals surface area contributed by atoms with Crippen molar-refractivity contribution in [1.29, 1.82) is 0 Å². The van der Waals surface area contributed by atoms with Crippen LogP contribution in [0.3, 0.4) is 0 Å². The van der Waals surface area contributed by atoms with Crippen molar-refractivity contribution in [1.82, 2.24) is 9.55 Å². The first-order valence-corrected chi connectivity index (χ1v) is 14.0. The molecule has 0 radical (unpaired) electrons. The molecule has 0 aromatic carbocycles. The van der Waals surface area contributed by atoms with Crippen LogP contribution in [0.4, 0.5) is 5.82 Å². The zero-order chi connectivity index (χ0) is 25.3. The summed E-state index contributed by atoms with van der Waals surface area (Å²) in [6.45, 7) is 2.59. The Morgan fingerprint density at radius 3 is 1.83 bits per heavy atom. The van der Waals surface area contributed by atoms with Crippen LogP contribution < -0.4 is 11.0 Å². The second-order valence-corrected chi connectivity index (χ2v) is 9.96. The number of aliphatic hydroxyl groups excluding tert-OH is 3. The number of rotatable bonds is 20. The monoisotopic (exact) mass is 495 g/mol. The van der Waals surface area contributed by atoms with Gasteiger partial charge in [-0.1, -0.05) is 103 Å². The molecule has 202 valence electrons. The van der Waals surface area contributed by atoms with Gasteiger partial charge >= 0.3 is 5.69 Å². The largest absolute Gasteiger partial charge is 0.394 e. The summed E-state index contributed by atoms with van der Waals surface area (Å²) in [4.78, 5) is 16.3. The van der Waals surface area contributed by atoms with Gasteiger partial charge in [0.2, 0.25) is 0 Å². The van der Waals surface area contributed by atoms with Crippen molar-refractivity contribution in [3.8, 4) is 0 Å². The van der Waals surface area contributed by atoms with Crippen LogP contribution in [0.2, 0.25) is 0 Å². The number of unbranched alkanes of at least 4 members (excludes halogenated alkanes) is 15. The fourth-order valence-corrected chi connectivity index (χ4v) is 4.70. The summed E-state index contributed by atoms with van der Waals surface area (Å²) in [6, 6.07) is 1.66. The van der Waals surface area contributed by atoms with Gasteiger partial charge in [-0.2, -0.15) is 4.98 Å². The van der Waals surface area contributed by atoms with Crippen LogP contribution >= 0.6 is 0 Å². The normalized spacial score (nSPS) is 22.1. The Kier molecular flexibility index (Phi) is 15.2. The lowest BCUT2D eigenvalue weighted by Gasteiger charge is -2.17. The highest BCUT2D eigenvalue weighted by molar-refractivity contribution is 5.31. The lowest BCUT2D eigenvalue weighted by Crippen LogP contribution is -2.36. The minimum Gasteiger partial charge on any atom is -0.394 e. The van der Waals surface area contributed by atoms with Crippen molar-refractivity contribution in [2.75, 3.05) is 18.5 Å². The molecule has 8 nitrogen and oxygen atoms in total. The number of anilines is 1. The molecule has 1 unspecified atom stereocenters. The van der Waals surface area contributed by atoms with Crippen molar-refractivity contribution in [2.24, 2.45) is 0 Å². The molecule has 0 spiro atoms. The minimum atomic E-state index is -1.30. The lowest BCUT2D eigenvalue weighted by atomic mass is 10.0. The van der Waals surface area contributed by atoms with E-state index in [-0.39, 0.29) is 0 Å². The predicted molar refractivity (Wildman–Crippen MR) is 140 cm³/mol. The zero-order valence-corrected chi connectivity index (χ0v) is 21.7. The Labute approximate surface area is 211 Å². The van der Waals surface area contributed by atoms with Gasteiger partial charge in [-0.15, -0.1) is 0 Å². The summed E-state index contributed by atoms with van der Waals surface area (Å²) in [5, 5.41) is 32.3. The number of nitrogens with one attached hydrogen (secondary N) is 1. The molecule has 2 rings (SSSR count). The molecule has 0 aliphatic carbocycles. The van der Waals surface area contributed by atoms with Gasteiger partial charge in [-0.25, -0.2) is 4.79 Å². The van der Waals surface area contributed by atoms with Crippen molar-refractivity contribution < 1.29 is 20.1 Å². The number of nitrogens with zero attached hydrogens (tertiary/aromatic N) is 2. The van der Waals surface area contributed by atoms with Crippen molar-refractivity contribution in [3.05, 3.63) is 22.7 Å². The summed E-state index contributed by atoms with van der Waals surface area (Å²) in [5.74, 6) is 0.485. The average Bonchev–Trinajstić information content (AvgIpc) is 3.14. The Balaban J connectivity index is 1.46. The van der Waals surface area contributed by atoms with Crippen LogP contribution in [0.1, 0.15) is 116 Å². The van der Waals surface area contributed by atoms with Crippen LogP contribution in [-0.4, -0.2) is 56.3 Å². The SMILES string of the molecule is CCCCCCCCCCCCCCCCCCNc1ccn(C2O[C@H](CO)[C@@H](O)[C@@H]2O)c(=O)n1. The van der Waals surface area contributed by atoms with Crippen molar-refractivity contribution in [2.45, 2.75) is 134 Å². The standard InChI is InChI=1S/C27H49N3O5/c1-2-3-4-5-6-7-8-9-10-11-12-13-14-15-16-17-19-28-23-18-20-30(27(34)29-23)26-25(33)24(32)22(21-31)35-26/h18,20,22,24-26,31-33H,2-17,19,21H2,1H3,(H,28,29,34)/t22-,24-,25+,26?/m1/s1. The van der Waals surface area contributed by atoms with Gasteiger partial charge in [0, 0.05) is 12.7 Å². The highest BCUT2D eigenvalue weighted by Gasteiger charge is 2.43. The number of hydrogen-bond donors (Lipinski definition) is 4. The third-order valence-electron chi connectivity index (χ3n) is 6.96. The maximum atomic E-state index is 12.3. The van der Waals surface area contributed by atoms with E-state index in [2.05, 4.69) is 17.2 Å². The van der Waals surface area contributed by atoms with Gasteiger partial charge in [0.25, 0.3) is 0 Å². The second-order valence-electron chi connectivity index (χ2n) is 9.96. The highest BCUT2D eigenvalue weighted by Crippen LogP contribution is 2.28. The summed E-state index contributed by atoms with van der Waals surface area (Å²) in [5.41, 5.74) is -0.572. The number of aromatic nitrogens is 2. The molecule has 4 atom stereocenters. The van der Waals surface area contributed by atoms with Crippen LogP contribution in [0.25, 0.3) is 0 Å². The molecule has 35 heavy (non-hydrogen) atoms. The van der Waals surface area contributed by atoms with Crippen LogP contribution in [0, 0.1) is 0 Å². The van der Waals surface area contributed by atoms with Gasteiger partial charge in [0.15, 0.2) is 6.23 Å². The molecule has 1 fully saturated rings. The lowest BCUT2D eigenvalue weighted by molar-refractivity contribution is -0.0549. The molecule has 0 bridgehead atoms. The molecular formula is C27H49N3O5. The van der Waals surface area contributed by atoms with Crippen molar-refractivity contribution in [3.63, 3.8) is 0 Å². The van der Waals surface area contributed by atoms with Crippen LogP contribution in [0.5, 0.6) is 0 Å². The maximum absolute atomic E-state index is 12.3. The third kappa shape index (κ3) is 11.0. The smallest absolute Gasteiger partial charge is 0.351 e. The summed E-state index contributed by atoms with van der Waals surface area (Å²) in [7, 11) is 0. The molecule has 1 aliphatic rings. The quantitative estimate of drug-likeness (QED) is 0.196. The van der Waals surface area contributed by atoms with Gasteiger partial charge < -0.3 is 25.4 Å². The Hall–Kier alpha value is -1.48. The Morgan fingerprint density at radius 1 is 0.857 bits per heavy atom. The average molecular weight is 496 g/mol. The maximum Gasteiger partial charge on any atom is 0.351 e. The van der Waals surface area contributed by atoms with E-state index in [4.69, 9.17) is 4.74 Å². The van der Waals surface area contributed by atoms with E-state index in [0.29, 0.717) is 5.82 Å². The molecule has 4 N–H and O–H groups in total. The van der Waals surface area contributed by atoms with Crippen molar-refractivity contribution >= 4 is 5.82 Å². The first-order chi connectivity index (χ1) is 17.1. The highest BCUT2D eigenvalue weighted by atomic mass is 16.6. The molecule has 2 heterocycles. The van der Waals surface area contributed by atoms with Gasteiger partial charge in [0.1, 0.15) is 24.1 Å². The number of hydrogen-bond acceptors (Lipinski definition) is 7. The van der Waals surface area contributed by atoms with Gasteiger partial charge in [-0.05, 0) is 12.5 Å². The fraction of sp³-hybridized carbons (Fsp3) is 0.852. The Morgan fingerprint density at radius 2 is 1.37 bits per heavy atom. The number of ether oxygens (including phenoxy) is 1. The molecule has 1 aromatic heterocycles. The summed E-state index contributed by atoms with van der Waals surface area (Å²) < 4.78 is 6.53. The van der Waals surface area contributed by atoms with E-state index in [0.717, 1.165) is 24.0 Å². The van der Waals surface area contributed by atoms with E-state index in [9.17, 15) is 20.1 Å². The molecular weight excluding hydrogens is 446 g/mol. The molecule has 0 saturated carbocycles. The first kappa shape index (κ1) is 29.7. The van der Waals surface area contributed by atoms with E-state index in [1.807, 2.05) is 0 Å². The summed E-state index contributed by atoms with van der Waals surface area (Å²) >= 11 is 0. The van der Waals surface area contributed by atoms with Gasteiger partial charge in [-0.3, -0.25) is 4.57 Å². The van der Waals surface area contributed by atoms with E-state index in [1.54, 1.807) is 6.07 Å². The van der Waals surface area contributed by atoms with E-state index >= 15 is 0 Å². The summed E-state index contributed by atoms with van der Waals surface area (Å²) in [6.07, 6.45) is 18.3. The molecule has 8 heteroatoms. The van der Waals surface area contributed by atoms with E-state index < -0.39 is 36.8 Å². The second kappa shape index (κ2) is 17.9. The third-order valence-corrected chi connectivity index (χ3v) is 6.96. The molecule has 1 aromatic rings. The molecule has 0 amide bonds. The topological polar surface area (TPSA) is 117 Å². The number of aliphatic hydroxyl groups is 3. The minimum absolute atomic E-state index is 0.435. The fourth-order valence-electron chi connectivity index (χ4n) is 4.70. The first-order valence-electron chi connectivity index (χ1n) is 14.0. The van der Waals surface area contributed by atoms with Gasteiger partial charge in [0.05, 0.1) is 6.61 Å². The Bertz CT molecular complexity index is 729. The predicted octanol–water partition coefficient (Wildman–Crippen LogP) is 4.53. The van der Waals surface area contributed by atoms with Crippen LogP contribution in [-0.2, 0) is 4.74 Å². The van der Waals surface area contributed by atoms with Crippen LogP contribution in [0.15, 0.2) is 17.1 Å². The molecule has 1 aliphatic heterocycles. The van der Waals surface area contributed by atoms with E-state index in [1.165, 1.54) is 96.1 Å². The zero-order valence-electron chi connectivity index (χ0n) is 21.7. The molecule has 1 saturated heterocycles.